The van der Waals surface area contributed by atoms with Crippen molar-refractivity contribution in [2.75, 3.05) is 13.7 Å². The number of carbonyl (C=O) groups excluding carboxylic acids is 1. The first-order valence-electron chi connectivity index (χ1n) is 7.58. The molecule has 0 bridgehead atoms. The number of halogens is 1. The molecule has 0 saturated carbocycles. The molecule has 1 fully saturated rings. The fourth-order valence-electron chi connectivity index (χ4n) is 2.72. The molecular weight excluding hydrogens is 346 g/mol. The van der Waals surface area contributed by atoms with E-state index in [0.29, 0.717) is 12.5 Å². The summed E-state index contributed by atoms with van der Waals surface area (Å²) >= 11 is 3.46. The van der Waals surface area contributed by atoms with Gasteiger partial charge in [-0.3, -0.25) is 4.90 Å². The highest BCUT2D eigenvalue weighted by atomic mass is 79.9. The number of piperidine rings is 1. The molecule has 0 N–H and O–H groups in total. The lowest BCUT2D eigenvalue weighted by molar-refractivity contribution is -0.0692. The minimum atomic E-state index is -0.488. The minimum absolute atomic E-state index is 0.239. The number of hydrogen-bond acceptors (Lipinski definition) is 3. The van der Waals surface area contributed by atoms with E-state index in [1.54, 1.807) is 12.0 Å². The number of rotatable bonds is 2. The molecule has 1 saturated heterocycles. The summed E-state index contributed by atoms with van der Waals surface area (Å²) in [5.41, 5.74) is 0.798. The number of carbonyl (C=O) groups is 1. The number of amides is 1. The Morgan fingerprint density at radius 3 is 2.45 bits per heavy atom. The van der Waals surface area contributed by atoms with Crippen molar-refractivity contribution in [2.45, 2.75) is 51.4 Å². The Hall–Kier alpha value is -1.07. The Kier molecular flexibility index (Phi) is 5.50. The molecular formula is C17H24BrNO3. The number of likely N-dealkylation sites (tertiary alicyclic amines) is 1. The van der Waals surface area contributed by atoms with Gasteiger partial charge in [-0.2, -0.15) is 0 Å². The van der Waals surface area contributed by atoms with Gasteiger partial charge >= 0.3 is 6.09 Å². The molecule has 0 aromatic heterocycles. The van der Waals surface area contributed by atoms with Crippen molar-refractivity contribution in [3.63, 3.8) is 0 Å². The summed E-state index contributed by atoms with van der Waals surface area (Å²) in [6.45, 7) is 6.28. The van der Waals surface area contributed by atoms with Crippen LogP contribution in [0.15, 0.2) is 28.7 Å². The highest BCUT2D eigenvalue weighted by Gasteiger charge is 2.34. The van der Waals surface area contributed by atoms with Gasteiger partial charge in [0.25, 0.3) is 0 Å². The van der Waals surface area contributed by atoms with E-state index in [-0.39, 0.29) is 12.3 Å². The van der Waals surface area contributed by atoms with E-state index in [0.717, 1.165) is 17.3 Å². The molecule has 1 aromatic rings. The summed E-state index contributed by atoms with van der Waals surface area (Å²) < 4.78 is 12.1. The maximum absolute atomic E-state index is 12.3. The summed E-state index contributed by atoms with van der Waals surface area (Å²) in [6.07, 6.45) is 1.17. The molecule has 122 valence electrons. The molecule has 0 aliphatic carbocycles. The van der Waals surface area contributed by atoms with Gasteiger partial charge in [-0.1, -0.05) is 28.1 Å². The van der Waals surface area contributed by atoms with Gasteiger partial charge in [-0.05, 0) is 57.2 Å². The third-order valence-electron chi connectivity index (χ3n) is 3.79. The molecule has 1 aliphatic rings. The van der Waals surface area contributed by atoms with Crippen molar-refractivity contribution >= 4 is 22.0 Å². The van der Waals surface area contributed by atoms with Crippen LogP contribution in [0, 0.1) is 0 Å². The predicted molar refractivity (Wildman–Crippen MR) is 89.9 cm³/mol. The first-order chi connectivity index (χ1) is 10.3. The van der Waals surface area contributed by atoms with Crippen LogP contribution in [-0.2, 0) is 9.47 Å². The maximum atomic E-state index is 12.3. The van der Waals surface area contributed by atoms with Crippen molar-refractivity contribution < 1.29 is 14.3 Å². The van der Waals surface area contributed by atoms with Crippen molar-refractivity contribution in [3.8, 4) is 0 Å². The van der Waals surface area contributed by atoms with Crippen LogP contribution in [0.5, 0.6) is 0 Å². The highest BCUT2D eigenvalue weighted by Crippen LogP contribution is 2.33. The van der Waals surface area contributed by atoms with E-state index >= 15 is 0 Å². The van der Waals surface area contributed by atoms with Gasteiger partial charge in [0.2, 0.25) is 0 Å². The fraction of sp³-hybridized carbons (Fsp3) is 0.588. The first-order valence-corrected chi connectivity index (χ1v) is 8.37. The van der Waals surface area contributed by atoms with Crippen LogP contribution in [0.1, 0.15) is 45.1 Å². The van der Waals surface area contributed by atoms with Crippen molar-refractivity contribution in [2.24, 2.45) is 0 Å². The first kappa shape index (κ1) is 17.3. The Morgan fingerprint density at radius 2 is 1.91 bits per heavy atom. The largest absolute Gasteiger partial charge is 0.444 e. The van der Waals surface area contributed by atoms with Crippen LogP contribution in [0.25, 0.3) is 0 Å². The number of methoxy groups -OCH3 is 1. The maximum Gasteiger partial charge on any atom is 0.412 e. The SMILES string of the molecule is COC1CC(c2ccc(Br)cc2)CCN1C(=O)OC(C)(C)C. The van der Waals surface area contributed by atoms with E-state index < -0.39 is 5.60 Å². The normalized spacial score (nSPS) is 22.5. The van der Waals surface area contributed by atoms with Crippen molar-refractivity contribution in [3.05, 3.63) is 34.3 Å². The third kappa shape index (κ3) is 4.46. The quantitative estimate of drug-likeness (QED) is 0.768. The van der Waals surface area contributed by atoms with E-state index in [1.807, 2.05) is 20.8 Å². The molecule has 0 radical (unpaired) electrons. The lowest BCUT2D eigenvalue weighted by atomic mass is 9.88. The fourth-order valence-corrected chi connectivity index (χ4v) is 2.98. The number of ether oxygens (including phenoxy) is 2. The van der Waals surface area contributed by atoms with Crippen LogP contribution in [0.4, 0.5) is 4.79 Å². The van der Waals surface area contributed by atoms with Crippen molar-refractivity contribution in [1.82, 2.24) is 4.90 Å². The molecule has 2 atom stereocenters. The summed E-state index contributed by atoms with van der Waals surface area (Å²) in [5.74, 6) is 0.400. The van der Waals surface area contributed by atoms with Crippen LogP contribution in [0.2, 0.25) is 0 Å². The summed E-state index contributed by atoms with van der Waals surface area (Å²) in [5, 5.41) is 0. The van der Waals surface area contributed by atoms with Gasteiger partial charge in [-0.15, -0.1) is 0 Å². The molecule has 2 unspecified atom stereocenters. The Balaban J connectivity index is 2.05. The second kappa shape index (κ2) is 7.01. The highest BCUT2D eigenvalue weighted by molar-refractivity contribution is 9.10. The number of benzene rings is 1. The van der Waals surface area contributed by atoms with Crippen LogP contribution in [-0.4, -0.2) is 36.5 Å². The van der Waals surface area contributed by atoms with Gasteiger partial charge in [0.05, 0.1) is 0 Å². The average molecular weight is 370 g/mol. The Bertz CT molecular complexity index is 510. The molecule has 5 heteroatoms. The van der Waals surface area contributed by atoms with Gasteiger partial charge in [0.15, 0.2) is 0 Å². The molecule has 22 heavy (non-hydrogen) atoms. The van der Waals surface area contributed by atoms with Crippen LogP contribution < -0.4 is 0 Å². The topological polar surface area (TPSA) is 38.8 Å². The molecule has 1 aromatic carbocycles. The van der Waals surface area contributed by atoms with Crippen LogP contribution >= 0.6 is 15.9 Å². The van der Waals surface area contributed by atoms with E-state index in [4.69, 9.17) is 9.47 Å². The summed E-state index contributed by atoms with van der Waals surface area (Å²) in [7, 11) is 1.64. The standard InChI is InChI=1S/C17H24BrNO3/c1-17(2,3)22-16(20)19-10-9-13(11-15(19)21-4)12-5-7-14(18)8-6-12/h5-8,13,15H,9-11H2,1-4H3. The lowest BCUT2D eigenvalue weighted by Gasteiger charge is -2.39. The van der Waals surface area contributed by atoms with Gasteiger partial charge in [-0.25, -0.2) is 4.79 Å². The van der Waals surface area contributed by atoms with Crippen molar-refractivity contribution in [1.29, 1.82) is 0 Å². The third-order valence-corrected chi connectivity index (χ3v) is 4.32. The second-order valence-corrected chi connectivity index (χ2v) is 7.55. The minimum Gasteiger partial charge on any atom is -0.444 e. The number of hydrogen-bond donors (Lipinski definition) is 0. The van der Waals surface area contributed by atoms with E-state index in [1.165, 1.54) is 5.56 Å². The summed E-state index contributed by atoms with van der Waals surface area (Å²) in [4.78, 5) is 14.0. The molecule has 0 spiro atoms. The van der Waals surface area contributed by atoms with E-state index in [2.05, 4.69) is 40.2 Å². The lowest BCUT2D eigenvalue weighted by Crippen LogP contribution is -2.48. The van der Waals surface area contributed by atoms with E-state index in [9.17, 15) is 4.79 Å². The average Bonchev–Trinajstić information content (AvgIpc) is 2.45. The molecule has 1 heterocycles. The second-order valence-electron chi connectivity index (χ2n) is 6.64. The smallest absolute Gasteiger partial charge is 0.412 e. The van der Waals surface area contributed by atoms with Gasteiger partial charge in [0, 0.05) is 18.1 Å². The zero-order valence-corrected chi connectivity index (χ0v) is 15.2. The molecule has 1 aliphatic heterocycles. The number of nitrogens with zero attached hydrogens (tertiary/aromatic N) is 1. The molecule has 1 amide bonds. The zero-order valence-electron chi connectivity index (χ0n) is 13.6. The predicted octanol–water partition coefficient (Wildman–Crippen LogP) is 4.54. The summed E-state index contributed by atoms with van der Waals surface area (Å²) in [6, 6.07) is 8.37. The Morgan fingerprint density at radius 1 is 1.27 bits per heavy atom. The molecule has 2 rings (SSSR count). The van der Waals surface area contributed by atoms with Gasteiger partial charge in [0.1, 0.15) is 11.8 Å². The Labute approximate surface area is 140 Å². The molecule has 4 nitrogen and oxygen atoms in total. The van der Waals surface area contributed by atoms with Crippen LogP contribution in [0.3, 0.4) is 0 Å². The monoisotopic (exact) mass is 369 g/mol. The van der Waals surface area contributed by atoms with Gasteiger partial charge < -0.3 is 9.47 Å². The zero-order chi connectivity index (χ0) is 16.3.